The van der Waals surface area contributed by atoms with Crippen molar-refractivity contribution in [3.8, 4) is 6.07 Å². The summed E-state index contributed by atoms with van der Waals surface area (Å²) in [6.45, 7) is 2.46. The molecule has 1 saturated heterocycles. The second kappa shape index (κ2) is 6.99. The first-order chi connectivity index (χ1) is 13.2. The number of anilines is 1. The molecule has 0 spiro atoms. The van der Waals surface area contributed by atoms with E-state index >= 15 is 0 Å². The zero-order valence-electron chi connectivity index (χ0n) is 15.1. The fourth-order valence-corrected chi connectivity index (χ4v) is 3.61. The topological polar surface area (TPSA) is 98.5 Å². The van der Waals surface area contributed by atoms with Crippen molar-refractivity contribution in [2.45, 2.75) is 44.2 Å². The number of nitriles is 1. The Morgan fingerprint density at radius 2 is 2.15 bits per heavy atom. The van der Waals surface area contributed by atoms with E-state index in [0.717, 1.165) is 12.0 Å². The minimum absolute atomic E-state index is 0.0600. The minimum atomic E-state index is -1.25. The highest BCUT2D eigenvalue weighted by molar-refractivity contribution is 5.66. The molecular formula is C20H21N5O2. The molecule has 1 aliphatic heterocycles. The number of nitrogen functional groups attached to an aromatic ring is 1. The van der Waals surface area contributed by atoms with Crippen molar-refractivity contribution in [3.63, 3.8) is 0 Å². The molecule has 4 rings (SSSR count). The van der Waals surface area contributed by atoms with Gasteiger partial charge in [0.2, 0.25) is 5.60 Å². The van der Waals surface area contributed by atoms with Crippen molar-refractivity contribution in [2.24, 2.45) is 0 Å². The first-order valence-electron chi connectivity index (χ1n) is 9.01. The van der Waals surface area contributed by atoms with Crippen LogP contribution in [-0.2, 0) is 21.7 Å². The first kappa shape index (κ1) is 17.5. The zero-order valence-corrected chi connectivity index (χ0v) is 15.1. The molecule has 0 saturated carbocycles. The Hall–Kier alpha value is -2.95. The van der Waals surface area contributed by atoms with Crippen LogP contribution in [0.1, 0.15) is 31.0 Å². The number of hydrogen-bond acceptors (Lipinski definition) is 6. The maximum atomic E-state index is 10.2. The van der Waals surface area contributed by atoms with Crippen LogP contribution in [0.2, 0.25) is 0 Å². The lowest BCUT2D eigenvalue weighted by Crippen LogP contribution is -2.38. The van der Waals surface area contributed by atoms with Crippen LogP contribution < -0.4 is 5.73 Å². The van der Waals surface area contributed by atoms with Gasteiger partial charge in [0.1, 0.15) is 24.0 Å². The molecule has 0 radical (unpaired) electrons. The Labute approximate surface area is 157 Å². The number of hydrogen-bond donors (Lipinski definition) is 1. The average molecular weight is 363 g/mol. The van der Waals surface area contributed by atoms with Crippen LogP contribution >= 0.6 is 0 Å². The van der Waals surface area contributed by atoms with Crippen LogP contribution in [0.3, 0.4) is 0 Å². The van der Waals surface area contributed by atoms with Crippen LogP contribution in [0.15, 0.2) is 48.8 Å². The maximum Gasteiger partial charge on any atom is 0.223 e. The molecule has 1 fully saturated rings. The molecule has 27 heavy (non-hydrogen) atoms. The molecule has 3 atom stereocenters. The van der Waals surface area contributed by atoms with Gasteiger partial charge < -0.3 is 15.2 Å². The van der Waals surface area contributed by atoms with Gasteiger partial charge in [0.05, 0.1) is 18.4 Å². The van der Waals surface area contributed by atoms with Gasteiger partial charge >= 0.3 is 0 Å². The van der Waals surface area contributed by atoms with Gasteiger partial charge in [-0.1, -0.05) is 37.3 Å². The monoisotopic (exact) mass is 363 g/mol. The lowest BCUT2D eigenvalue weighted by molar-refractivity contribution is -0.0802. The van der Waals surface area contributed by atoms with Crippen LogP contribution in [0.5, 0.6) is 0 Å². The van der Waals surface area contributed by atoms with Crippen LogP contribution in [0.4, 0.5) is 5.82 Å². The van der Waals surface area contributed by atoms with Crippen LogP contribution in [-0.4, -0.2) is 26.8 Å². The SMILES string of the molecule is CC[C@@H]1C[C@@H](OCc2ccccc2)C(C#N)(c2ccc3c(N)ncnn23)O1. The van der Waals surface area contributed by atoms with Crippen molar-refractivity contribution >= 4 is 11.3 Å². The van der Waals surface area contributed by atoms with E-state index in [1.807, 2.05) is 43.3 Å². The van der Waals surface area contributed by atoms with Gasteiger partial charge in [0.15, 0.2) is 5.82 Å². The fourth-order valence-electron chi connectivity index (χ4n) is 3.61. The van der Waals surface area contributed by atoms with Gasteiger partial charge in [-0.25, -0.2) is 9.50 Å². The first-order valence-corrected chi connectivity index (χ1v) is 9.01. The quantitative estimate of drug-likeness (QED) is 0.748. The predicted octanol–water partition coefficient (Wildman–Crippen LogP) is 2.81. The molecule has 2 aromatic heterocycles. The van der Waals surface area contributed by atoms with E-state index in [1.54, 1.807) is 10.6 Å². The van der Waals surface area contributed by atoms with E-state index in [1.165, 1.54) is 6.33 Å². The summed E-state index contributed by atoms with van der Waals surface area (Å²) in [7, 11) is 0. The Balaban J connectivity index is 1.72. The van der Waals surface area contributed by atoms with E-state index in [4.69, 9.17) is 15.2 Å². The molecule has 138 valence electrons. The van der Waals surface area contributed by atoms with E-state index in [-0.39, 0.29) is 6.10 Å². The third-order valence-corrected chi connectivity index (χ3v) is 5.06. The molecule has 3 aromatic rings. The summed E-state index contributed by atoms with van der Waals surface area (Å²) in [5.41, 5.74) is 7.01. The highest BCUT2D eigenvalue weighted by Crippen LogP contribution is 2.43. The maximum absolute atomic E-state index is 10.2. The molecule has 7 nitrogen and oxygen atoms in total. The summed E-state index contributed by atoms with van der Waals surface area (Å²) in [6.07, 6.45) is 2.35. The number of benzene rings is 1. The lowest BCUT2D eigenvalue weighted by atomic mass is 9.93. The van der Waals surface area contributed by atoms with Crippen molar-refractivity contribution in [3.05, 3.63) is 60.0 Å². The normalized spacial score (nSPS) is 24.9. The largest absolute Gasteiger partial charge is 0.382 e. The number of ether oxygens (including phenoxy) is 2. The smallest absolute Gasteiger partial charge is 0.223 e. The number of nitrogens with two attached hydrogens (primary N) is 1. The zero-order chi connectivity index (χ0) is 18.9. The number of fused-ring (bicyclic) bond motifs is 1. The van der Waals surface area contributed by atoms with Crippen molar-refractivity contribution in [1.82, 2.24) is 14.6 Å². The Morgan fingerprint density at radius 1 is 1.33 bits per heavy atom. The van der Waals surface area contributed by atoms with Gasteiger partial charge in [0.25, 0.3) is 0 Å². The lowest BCUT2D eigenvalue weighted by Gasteiger charge is -2.27. The van der Waals surface area contributed by atoms with E-state index in [0.29, 0.717) is 30.1 Å². The molecule has 3 heterocycles. The molecule has 1 aromatic carbocycles. The summed E-state index contributed by atoms with van der Waals surface area (Å²) in [4.78, 5) is 4.01. The Kier molecular flexibility index (Phi) is 4.52. The third kappa shape index (κ3) is 2.93. The Morgan fingerprint density at radius 3 is 2.89 bits per heavy atom. The van der Waals surface area contributed by atoms with Crippen molar-refractivity contribution in [2.75, 3.05) is 5.73 Å². The Bertz CT molecular complexity index is 981. The van der Waals surface area contributed by atoms with Crippen LogP contribution in [0, 0.1) is 11.3 Å². The molecule has 0 aliphatic carbocycles. The molecule has 1 unspecified atom stereocenters. The average Bonchev–Trinajstić information content (AvgIpc) is 3.30. The van der Waals surface area contributed by atoms with E-state index in [9.17, 15) is 5.26 Å². The molecule has 7 heteroatoms. The highest BCUT2D eigenvalue weighted by Gasteiger charge is 2.53. The number of nitrogens with zero attached hydrogens (tertiary/aromatic N) is 4. The predicted molar refractivity (Wildman–Crippen MR) is 99.5 cm³/mol. The summed E-state index contributed by atoms with van der Waals surface area (Å²) >= 11 is 0. The molecular weight excluding hydrogens is 342 g/mol. The fraction of sp³-hybridized carbons (Fsp3) is 0.350. The van der Waals surface area contributed by atoms with E-state index in [2.05, 4.69) is 16.2 Å². The highest BCUT2D eigenvalue weighted by atomic mass is 16.6. The summed E-state index contributed by atoms with van der Waals surface area (Å²) in [6, 6.07) is 15.9. The van der Waals surface area contributed by atoms with Gasteiger partial charge in [-0.2, -0.15) is 10.4 Å². The van der Waals surface area contributed by atoms with E-state index < -0.39 is 11.7 Å². The second-order valence-corrected chi connectivity index (χ2v) is 6.68. The van der Waals surface area contributed by atoms with Gasteiger partial charge in [-0.3, -0.25) is 0 Å². The molecule has 1 aliphatic rings. The molecule has 2 N–H and O–H groups in total. The second-order valence-electron chi connectivity index (χ2n) is 6.68. The number of aromatic nitrogens is 3. The minimum Gasteiger partial charge on any atom is -0.382 e. The summed E-state index contributed by atoms with van der Waals surface area (Å²) in [5.74, 6) is 0.358. The van der Waals surface area contributed by atoms with Gasteiger partial charge in [-0.15, -0.1) is 0 Å². The third-order valence-electron chi connectivity index (χ3n) is 5.06. The standard InChI is InChI=1S/C20H21N5O2/c1-2-15-10-18(26-11-14-6-4-3-5-7-14)20(12-21,27-15)17-9-8-16-19(22)23-13-24-25(16)17/h3-9,13,15,18H,2,10-11H2,1H3,(H2,22,23,24)/t15-,18-,20?/m1/s1. The van der Waals surface area contributed by atoms with Gasteiger partial charge in [0, 0.05) is 6.42 Å². The number of rotatable bonds is 5. The van der Waals surface area contributed by atoms with Gasteiger partial charge in [-0.05, 0) is 24.1 Å². The van der Waals surface area contributed by atoms with Crippen molar-refractivity contribution in [1.29, 1.82) is 5.26 Å². The summed E-state index contributed by atoms with van der Waals surface area (Å²) < 4.78 is 14.1. The van der Waals surface area contributed by atoms with Crippen LogP contribution in [0.25, 0.3) is 5.52 Å². The molecule has 0 amide bonds. The van der Waals surface area contributed by atoms with Crippen molar-refractivity contribution < 1.29 is 9.47 Å². The summed E-state index contributed by atoms with van der Waals surface area (Å²) in [5, 5.41) is 14.4. The molecule has 0 bridgehead atoms.